The van der Waals surface area contributed by atoms with E-state index >= 15 is 0 Å². The molecule has 0 aliphatic carbocycles. The molecule has 0 nitrogen and oxygen atoms in total. The van der Waals surface area contributed by atoms with Crippen LogP contribution in [0.15, 0.2) is 164 Å². The number of hydrogen-bond acceptors (Lipinski definition) is 0. The van der Waals surface area contributed by atoms with Gasteiger partial charge < -0.3 is 0 Å². The van der Waals surface area contributed by atoms with Crippen LogP contribution in [0.2, 0.25) is 0 Å². The van der Waals surface area contributed by atoms with Crippen molar-refractivity contribution in [1.82, 2.24) is 0 Å². The van der Waals surface area contributed by atoms with Crippen LogP contribution in [0, 0.1) is 20.8 Å². The highest BCUT2D eigenvalue weighted by atomic mass is 14.0. The Morgan fingerprint density at radius 2 is 0.439 bits per heavy atom. The molecule has 208 valence electrons. The van der Waals surface area contributed by atoms with Crippen LogP contribution in [0.3, 0.4) is 0 Å². The highest BCUT2D eigenvalue weighted by molar-refractivity contribution is 5.68. The van der Waals surface area contributed by atoms with Crippen molar-refractivity contribution < 1.29 is 0 Å². The van der Waals surface area contributed by atoms with Gasteiger partial charge in [-0.05, 0) is 70.8 Å². The summed E-state index contributed by atoms with van der Waals surface area (Å²) in [6.07, 6.45) is 0. The average molecular weight is 537 g/mol. The molecule has 0 saturated carbocycles. The topological polar surface area (TPSA) is 0 Å². The quantitative estimate of drug-likeness (QED) is 0.211. The molecular weight excluding hydrogens is 492 g/mol. The van der Waals surface area contributed by atoms with Crippen LogP contribution in [0.1, 0.15) is 31.5 Å². The minimum absolute atomic E-state index is 0. The molecule has 6 rings (SSSR count). The van der Waals surface area contributed by atoms with E-state index in [9.17, 15) is 0 Å². The van der Waals surface area contributed by atoms with Gasteiger partial charge in [0.05, 0.1) is 0 Å². The van der Waals surface area contributed by atoms with E-state index in [1.54, 1.807) is 0 Å². The second-order valence-electron chi connectivity index (χ2n) is 9.54. The van der Waals surface area contributed by atoms with Crippen LogP contribution in [0.4, 0.5) is 0 Å². The maximum absolute atomic E-state index is 2.16. The van der Waals surface area contributed by atoms with Gasteiger partial charge in [0.1, 0.15) is 0 Å². The monoisotopic (exact) mass is 536 g/mol. The third kappa shape index (κ3) is 9.48. The van der Waals surface area contributed by atoms with Gasteiger partial charge in [0.25, 0.3) is 0 Å². The molecule has 0 fully saturated rings. The summed E-state index contributed by atoms with van der Waals surface area (Å²) in [5, 5.41) is 0. The minimum Gasteiger partial charge on any atom is -0.0776 e. The Balaban J connectivity index is 0.000000210. The second-order valence-corrected chi connectivity index (χ2v) is 9.54. The highest BCUT2D eigenvalue weighted by Crippen LogP contribution is 2.23. The van der Waals surface area contributed by atoms with Crippen molar-refractivity contribution in [3.63, 3.8) is 0 Å². The first-order chi connectivity index (χ1) is 19.1. The van der Waals surface area contributed by atoms with Crippen LogP contribution < -0.4 is 0 Å². The molecule has 0 aromatic heterocycles. The van der Waals surface area contributed by atoms with Crippen LogP contribution >= 0.6 is 0 Å². The molecule has 6 aromatic carbocycles. The molecule has 0 bridgehead atoms. The molecule has 0 N–H and O–H groups in total. The summed E-state index contributed by atoms with van der Waals surface area (Å²) >= 11 is 0. The Labute approximate surface area is 249 Å². The van der Waals surface area contributed by atoms with Crippen LogP contribution in [0.25, 0.3) is 33.4 Å². The van der Waals surface area contributed by atoms with Gasteiger partial charge in [-0.1, -0.05) is 179 Å². The first-order valence-electron chi connectivity index (χ1n) is 13.5. The molecular formula is C41H44. The van der Waals surface area contributed by atoms with Crippen molar-refractivity contribution in [1.29, 1.82) is 0 Å². The molecule has 41 heavy (non-hydrogen) atoms. The zero-order chi connectivity index (χ0) is 27.3. The zero-order valence-corrected chi connectivity index (χ0v) is 23.1. The van der Waals surface area contributed by atoms with E-state index in [0.717, 1.165) is 0 Å². The normalized spacial score (nSPS) is 9.44. The molecule has 0 radical (unpaired) electrons. The fraction of sp³-hybridized carbons (Fsp3) is 0.122. The molecule has 0 spiro atoms. The number of rotatable bonds is 3. The van der Waals surface area contributed by atoms with Crippen molar-refractivity contribution in [3.05, 3.63) is 180 Å². The van der Waals surface area contributed by atoms with Crippen molar-refractivity contribution >= 4 is 0 Å². The lowest BCUT2D eigenvalue weighted by molar-refractivity contribution is 1.46. The summed E-state index contributed by atoms with van der Waals surface area (Å²) in [5.41, 5.74) is 11.8. The second kappa shape index (κ2) is 17.1. The van der Waals surface area contributed by atoms with Crippen molar-refractivity contribution in [2.45, 2.75) is 35.6 Å². The molecule has 0 heteroatoms. The maximum atomic E-state index is 2.16. The summed E-state index contributed by atoms with van der Waals surface area (Å²) in [7, 11) is 0. The van der Waals surface area contributed by atoms with Crippen LogP contribution in [0.5, 0.6) is 0 Å². The third-order valence-electron chi connectivity index (χ3n) is 6.69. The Hall–Kier alpha value is -4.68. The standard InChI is InChI=1S/3C13H12.2CH4/c3*1-11-7-5-6-10-13(11)12-8-3-2-4-9-12;;/h3*2-10H,1H3;2*1H4. The zero-order valence-electron chi connectivity index (χ0n) is 23.1. The lowest BCUT2D eigenvalue weighted by Gasteiger charge is -2.04. The van der Waals surface area contributed by atoms with E-state index in [1.165, 1.54) is 50.1 Å². The maximum Gasteiger partial charge on any atom is -0.0155 e. The third-order valence-corrected chi connectivity index (χ3v) is 6.69. The first kappa shape index (κ1) is 32.5. The predicted octanol–water partition coefficient (Wildman–Crippen LogP) is 12.3. The first-order valence-corrected chi connectivity index (χ1v) is 13.5. The minimum atomic E-state index is 0. The van der Waals surface area contributed by atoms with Gasteiger partial charge in [-0.25, -0.2) is 0 Å². The summed E-state index contributed by atoms with van der Waals surface area (Å²) < 4.78 is 0. The van der Waals surface area contributed by atoms with Crippen LogP contribution in [-0.2, 0) is 0 Å². The molecule has 0 aliphatic heterocycles. The molecule has 0 amide bonds. The van der Waals surface area contributed by atoms with E-state index in [-0.39, 0.29) is 14.9 Å². The van der Waals surface area contributed by atoms with Gasteiger partial charge >= 0.3 is 0 Å². The number of hydrogen-bond donors (Lipinski definition) is 0. The van der Waals surface area contributed by atoms with Gasteiger partial charge in [-0.2, -0.15) is 0 Å². The molecule has 0 aliphatic rings. The molecule has 0 heterocycles. The van der Waals surface area contributed by atoms with Gasteiger partial charge in [0, 0.05) is 0 Å². The SMILES string of the molecule is C.C.Cc1ccccc1-c1ccccc1.Cc1ccccc1-c1ccccc1.Cc1ccccc1-c1ccccc1. The van der Waals surface area contributed by atoms with E-state index in [2.05, 4.69) is 166 Å². The van der Waals surface area contributed by atoms with E-state index in [4.69, 9.17) is 0 Å². The van der Waals surface area contributed by atoms with Crippen molar-refractivity contribution in [3.8, 4) is 33.4 Å². The lowest BCUT2D eigenvalue weighted by atomic mass is 10.0. The van der Waals surface area contributed by atoms with Crippen molar-refractivity contribution in [2.75, 3.05) is 0 Å². The van der Waals surface area contributed by atoms with Crippen molar-refractivity contribution in [2.24, 2.45) is 0 Å². The lowest BCUT2D eigenvalue weighted by Crippen LogP contribution is -1.80. The molecule has 0 unspecified atom stereocenters. The Kier molecular flexibility index (Phi) is 13.6. The largest absolute Gasteiger partial charge is 0.0776 e. The average Bonchev–Trinajstić information content (AvgIpc) is 3.00. The summed E-state index contributed by atoms with van der Waals surface area (Å²) in [6.45, 7) is 6.42. The number of benzene rings is 6. The van der Waals surface area contributed by atoms with E-state index in [1.807, 2.05) is 18.2 Å². The van der Waals surface area contributed by atoms with E-state index in [0.29, 0.717) is 0 Å². The van der Waals surface area contributed by atoms with Gasteiger partial charge in [-0.15, -0.1) is 0 Å². The summed E-state index contributed by atoms with van der Waals surface area (Å²) in [5.74, 6) is 0. The summed E-state index contributed by atoms with van der Waals surface area (Å²) in [4.78, 5) is 0. The fourth-order valence-corrected chi connectivity index (χ4v) is 4.54. The molecule has 6 aromatic rings. The number of aryl methyl sites for hydroxylation is 3. The predicted molar refractivity (Wildman–Crippen MR) is 183 cm³/mol. The highest BCUT2D eigenvalue weighted by Gasteiger charge is 1.99. The Morgan fingerprint density at radius 3 is 0.659 bits per heavy atom. The van der Waals surface area contributed by atoms with Crippen LogP contribution in [-0.4, -0.2) is 0 Å². The Morgan fingerprint density at radius 1 is 0.244 bits per heavy atom. The van der Waals surface area contributed by atoms with Gasteiger partial charge in [0.15, 0.2) is 0 Å². The summed E-state index contributed by atoms with van der Waals surface area (Å²) in [6, 6.07) is 56.8. The molecule has 0 atom stereocenters. The molecule has 0 saturated heterocycles. The fourth-order valence-electron chi connectivity index (χ4n) is 4.54. The Bertz CT molecular complexity index is 1360. The van der Waals surface area contributed by atoms with Gasteiger partial charge in [-0.3, -0.25) is 0 Å². The van der Waals surface area contributed by atoms with Gasteiger partial charge in [0.2, 0.25) is 0 Å². The smallest absolute Gasteiger partial charge is 0.0155 e. The van der Waals surface area contributed by atoms with E-state index < -0.39 is 0 Å².